The Morgan fingerprint density at radius 2 is 2.00 bits per heavy atom. The van der Waals surface area contributed by atoms with Crippen molar-refractivity contribution < 1.29 is 4.42 Å². The molecule has 1 heterocycles. The van der Waals surface area contributed by atoms with E-state index in [0.29, 0.717) is 0 Å². The minimum absolute atomic E-state index is 0.116. The summed E-state index contributed by atoms with van der Waals surface area (Å²) in [4.78, 5) is 4.46. The molecule has 0 aliphatic rings. The number of aromatic nitrogens is 1. The first-order valence-electron chi connectivity index (χ1n) is 4.92. The van der Waals surface area contributed by atoms with Gasteiger partial charge in [0.2, 0.25) is 5.88 Å². The molecule has 3 nitrogen and oxygen atoms in total. The highest BCUT2D eigenvalue weighted by atomic mass is 127. The number of nitrogens with zero attached hydrogens (tertiary/aromatic N) is 1. The Labute approximate surface area is 99.2 Å². The molecule has 14 heavy (non-hydrogen) atoms. The minimum atomic E-state index is 0.116. The molecule has 1 N–H and O–H groups in total. The summed E-state index contributed by atoms with van der Waals surface area (Å²) in [6.07, 6.45) is 2.14. The van der Waals surface area contributed by atoms with Crippen LogP contribution in [0, 0.1) is 6.92 Å². The van der Waals surface area contributed by atoms with Crippen LogP contribution in [0.4, 0.5) is 5.88 Å². The average Bonchev–Trinajstić information content (AvgIpc) is 2.59. The van der Waals surface area contributed by atoms with Crippen LogP contribution in [0.3, 0.4) is 0 Å². The Hall–Kier alpha value is -0.260. The summed E-state index contributed by atoms with van der Waals surface area (Å²) in [5.74, 6) is 1.53. The highest BCUT2D eigenvalue weighted by Crippen LogP contribution is 2.36. The summed E-state index contributed by atoms with van der Waals surface area (Å²) >= 11 is 2.08. The van der Waals surface area contributed by atoms with Crippen LogP contribution in [-0.2, 0) is 5.41 Å². The summed E-state index contributed by atoms with van der Waals surface area (Å²) in [6, 6.07) is 0. The van der Waals surface area contributed by atoms with Gasteiger partial charge in [0, 0.05) is 12.3 Å². The SMILES string of the molecule is CCC(C)(CC)c1nc(C)oc1NI. The van der Waals surface area contributed by atoms with Crippen LogP contribution in [0.5, 0.6) is 0 Å². The van der Waals surface area contributed by atoms with Gasteiger partial charge in [0.1, 0.15) is 5.69 Å². The normalized spacial score (nSPS) is 11.8. The lowest BCUT2D eigenvalue weighted by molar-refractivity contribution is 0.427. The summed E-state index contributed by atoms with van der Waals surface area (Å²) < 4.78 is 8.52. The second-order valence-electron chi connectivity index (χ2n) is 3.77. The molecule has 0 spiro atoms. The largest absolute Gasteiger partial charge is 0.425 e. The number of nitrogens with one attached hydrogen (secondary N) is 1. The first-order chi connectivity index (χ1) is 6.57. The number of aryl methyl sites for hydroxylation is 1. The van der Waals surface area contributed by atoms with Crippen LogP contribution in [0.15, 0.2) is 4.42 Å². The van der Waals surface area contributed by atoms with Crippen molar-refractivity contribution in [3.8, 4) is 0 Å². The highest BCUT2D eigenvalue weighted by Gasteiger charge is 2.29. The molecule has 0 aliphatic heterocycles. The van der Waals surface area contributed by atoms with Gasteiger partial charge in [0.05, 0.1) is 22.9 Å². The van der Waals surface area contributed by atoms with Gasteiger partial charge in [-0.1, -0.05) is 20.8 Å². The smallest absolute Gasteiger partial charge is 0.226 e. The Balaban J connectivity index is 3.15. The van der Waals surface area contributed by atoms with E-state index in [0.717, 1.165) is 30.3 Å². The zero-order valence-electron chi connectivity index (χ0n) is 9.15. The molecule has 1 rings (SSSR count). The number of oxazole rings is 1. The third kappa shape index (κ3) is 2.04. The Morgan fingerprint density at radius 3 is 2.43 bits per heavy atom. The lowest BCUT2D eigenvalue weighted by Crippen LogP contribution is -2.21. The van der Waals surface area contributed by atoms with E-state index >= 15 is 0 Å². The van der Waals surface area contributed by atoms with Gasteiger partial charge < -0.3 is 4.42 Å². The van der Waals surface area contributed by atoms with Gasteiger partial charge in [0.15, 0.2) is 5.89 Å². The fourth-order valence-electron chi connectivity index (χ4n) is 1.49. The molecule has 1 aromatic rings. The maximum Gasteiger partial charge on any atom is 0.226 e. The number of halogens is 1. The number of hydrogen-bond donors (Lipinski definition) is 1. The molecule has 0 fully saturated rings. The lowest BCUT2D eigenvalue weighted by Gasteiger charge is -2.24. The second-order valence-corrected chi connectivity index (χ2v) is 4.31. The van der Waals surface area contributed by atoms with Crippen molar-refractivity contribution in [3.63, 3.8) is 0 Å². The maximum absolute atomic E-state index is 5.48. The molecule has 0 saturated carbocycles. The van der Waals surface area contributed by atoms with Gasteiger partial charge in [-0.3, -0.25) is 3.53 Å². The molecule has 0 aliphatic carbocycles. The van der Waals surface area contributed by atoms with E-state index in [-0.39, 0.29) is 5.41 Å². The van der Waals surface area contributed by atoms with Gasteiger partial charge >= 0.3 is 0 Å². The number of hydrogen-bond acceptors (Lipinski definition) is 3. The molecule has 0 bridgehead atoms. The van der Waals surface area contributed by atoms with Crippen molar-refractivity contribution in [1.82, 2.24) is 4.98 Å². The van der Waals surface area contributed by atoms with Crippen LogP contribution < -0.4 is 3.53 Å². The second kappa shape index (κ2) is 4.51. The third-order valence-corrected chi connectivity index (χ3v) is 3.44. The van der Waals surface area contributed by atoms with Crippen LogP contribution in [0.2, 0.25) is 0 Å². The van der Waals surface area contributed by atoms with Gasteiger partial charge in [-0.25, -0.2) is 4.98 Å². The molecule has 0 atom stereocenters. The Bertz CT molecular complexity index is 305. The molecule has 1 aromatic heterocycles. The van der Waals surface area contributed by atoms with E-state index in [1.807, 2.05) is 6.92 Å². The minimum Gasteiger partial charge on any atom is -0.425 e. The van der Waals surface area contributed by atoms with Crippen LogP contribution >= 0.6 is 22.9 Å². The highest BCUT2D eigenvalue weighted by molar-refractivity contribution is 14.1. The topological polar surface area (TPSA) is 38.1 Å². The predicted octanol–water partition coefficient (Wildman–Crippen LogP) is 3.82. The third-order valence-electron chi connectivity index (χ3n) is 2.95. The van der Waals surface area contributed by atoms with Crippen molar-refractivity contribution in [2.24, 2.45) is 0 Å². The number of anilines is 1. The lowest BCUT2D eigenvalue weighted by atomic mass is 9.81. The monoisotopic (exact) mass is 308 g/mol. The fraction of sp³-hybridized carbons (Fsp3) is 0.700. The Kier molecular flexibility index (Phi) is 3.80. The van der Waals surface area contributed by atoms with Crippen molar-refractivity contribution in [3.05, 3.63) is 11.6 Å². The van der Waals surface area contributed by atoms with Crippen LogP contribution in [0.25, 0.3) is 0 Å². The molecule has 0 unspecified atom stereocenters. The predicted molar refractivity (Wildman–Crippen MR) is 66.8 cm³/mol. The summed E-state index contributed by atoms with van der Waals surface area (Å²) in [6.45, 7) is 8.48. The average molecular weight is 308 g/mol. The quantitative estimate of drug-likeness (QED) is 0.679. The molecule has 0 aromatic carbocycles. The molecule has 0 saturated heterocycles. The number of rotatable bonds is 4. The van der Waals surface area contributed by atoms with Crippen molar-refractivity contribution in [1.29, 1.82) is 0 Å². The van der Waals surface area contributed by atoms with Crippen molar-refractivity contribution in [2.45, 2.75) is 46.0 Å². The summed E-state index contributed by atoms with van der Waals surface area (Å²) in [5.41, 5.74) is 1.17. The van der Waals surface area contributed by atoms with Gasteiger partial charge in [-0.15, -0.1) is 0 Å². The van der Waals surface area contributed by atoms with Gasteiger partial charge in [-0.05, 0) is 12.8 Å². The van der Waals surface area contributed by atoms with Crippen molar-refractivity contribution in [2.75, 3.05) is 3.53 Å². The van der Waals surface area contributed by atoms with Gasteiger partial charge in [-0.2, -0.15) is 0 Å². The molecule has 4 heteroatoms. The van der Waals surface area contributed by atoms with E-state index in [4.69, 9.17) is 4.42 Å². The van der Waals surface area contributed by atoms with Crippen LogP contribution in [0.1, 0.15) is 45.2 Å². The zero-order chi connectivity index (χ0) is 10.8. The molecule has 80 valence electrons. The molecule has 0 radical (unpaired) electrons. The summed E-state index contributed by atoms with van der Waals surface area (Å²) in [5, 5.41) is 0. The van der Waals surface area contributed by atoms with Crippen molar-refractivity contribution >= 4 is 28.7 Å². The molecular formula is C10H17IN2O. The van der Waals surface area contributed by atoms with E-state index in [2.05, 4.69) is 52.1 Å². The van der Waals surface area contributed by atoms with Gasteiger partial charge in [0.25, 0.3) is 0 Å². The van der Waals surface area contributed by atoms with E-state index in [9.17, 15) is 0 Å². The van der Waals surface area contributed by atoms with E-state index < -0.39 is 0 Å². The Morgan fingerprint density at radius 1 is 1.43 bits per heavy atom. The first-order valence-corrected chi connectivity index (χ1v) is 5.99. The van der Waals surface area contributed by atoms with E-state index in [1.165, 1.54) is 0 Å². The summed E-state index contributed by atoms with van der Waals surface area (Å²) in [7, 11) is 0. The molecular weight excluding hydrogens is 291 g/mol. The van der Waals surface area contributed by atoms with E-state index in [1.54, 1.807) is 0 Å². The molecule has 0 amide bonds. The standard InChI is InChI=1S/C10H17IN2O/c1-5-10(4,6-2)8-9(13-11)14-7(3)12-8/h13H,5-6H2,1-4H3. The van der Waals surface area contributed by atoms with Crippen LogP contribution in [-0.4, -0.2) is 4.98 Å². The fourth-order valence-corrected chi connectivity index (χ4v) is 1.85. The zero-order valence-corrected chi connectivity index (χ0v) is 11.3. The first kappa shape index (κ1) is 11.8. The maximum atomic E-state index is 5.48.